The number of amides is 1. The Morgan fingerprint density at radius 3 is 2.49 bits per heavy atom. The van der Waals surface area contributed by atoms with Gasteiger partial charge in [0.15, 0.2) is 0 Å². The van der Waals surface area contributed by atoms with Gasteiger partial charge in [-0.15, -0.1) is 0 Å². The number of halogens is 2. The van der Waals surface area contributed by atoms with E-state index in [-0.39, 0.29) is 65.3 Å². The van der Waals surface area contributed by atoms with Gasteiger partial charge >= 0.3 is 5.97 Å². The van der Waals surface area contributed by atoms with Crippen LogP contribution in [0.15, 0.2) is 48.2 Å². The number of hydrogen-bond donors (Lipinski definition) is 5. The monoisotopic (exact) mass is 645 g/mol. The molecular weight excluding hydrogens is 601 g/mol. The molecule has 1 saturated heterocycles. The fourth-order valence-electron chi connectivity index (χ4n) is 5.01. The molecule has 1 fully saturated rings. The number of allylic oxidation sites excluding steroid dienone is 1. The fourth-order valence-corrected chi connectivity index (χ4v) is 5.18. The minimum Gasteiger partial charge on any atom is -0.465 e. The first kappa shape index (κ1) is 35.5. The predicted octanol–water partition coefficient (Wildman–Crippen LogP) is 3.33. The Hall–Kier alpha value is -3.94. The van der Waals surface area contributed by atoms with Gasteiger partial charge < -0.3 is 42.4 Å². The molecule has 3 rings (SSSR count). The molecule has 2 heterocycles. The molecule has 1 aromatic carbocycles. The highest BCUT2D eigenvalue weighted by Crippen LogP contribution is 2.31. The Labute approximate surface area is 269 Å². The van der Waals surface area contributed by atoms with Crippen LogP contribution in [0.3, 0.4) is 0 Å². The number of carbonyl (C=O) groups is 2. The van der Waals surface area contributed by atoms with Crippen LogP contribution in [0, 0.1) is 17.2 Å². The highest BCUT2D eigenvalue weighted by atomic mass is 35.5. The van der Waals surface area contributed by atoms with Crippen LogP contribution in [0.5, 0.6) is 0 Å². The fraction of sp³-hybridized carbons (Fsp3) is 0.484. The van der Waals surface area contributed by atoms with Gasteiger partial charge in [0.25, 0.3) is 0 Å². The lowest BCUT2D eigenvalue weighted by Gasteiger charge is -2.29. The van der Waals surface area contributed by atoms with Gasteiger partial charge in [0.2, 0.25) is 5.91 Å². The summed E-state index contributed by atoms with van der Waals surface area (Å²) in [6.07, 6.45) is 3.53. The Morgan fingerprint density at radius 2 is 1.87 bits per heavy atom. The zero-order valence-corrected chi connectivity index (χ0v) is 27.3. The molecule has 0 aliphatic carbocycles. The van der Waals surface area contributed by atoms with Crippen molar-refractivity contribution in [3.63, 3.8) is 0 Å². The van der Waals surface area contributed by atoms with Gasteiger partial charge in [-0.1, -0.05) is 25.4 Å². The predicted molar refractivity (Wildman–Crippen MR) is 175 cm³/mol. The lowest BCUT2D eigenvalue weighted by molar-refractivity contribution is -0.146. The van der Waals surface area contributed by atoms with Crippen LogP contribution >= 0.6 is 11.6 Å². The standard InChI is InChI=1S/C31H45ClFN9O3/c1-19(2)15-42(16-20(3)34)10-8-28(43)40-27-14-26(37-18-38-27)39-25(13-24(35)22-12-21(32)6-7-23(22)33)29(36)41(5)17-31(4)9-11-45-30(31)44/h6-7,12-14,18-20H,8-11,15-17,34-36H2,1-5H3,(H2,37,38,39,40,43)/b24-13-,29-25-. The average Bonchev–Trinajstić information content (AvgIpc) is 3.28. The van der Waals surface area contributed by atoms with Crippen molar-refractivity contribution >= 4 is 40.8 Å². The molecule has 2 atom stereocenters. The third-order valence-corrected chi connectivity index (χ3v) is 7.45. The van der Waals surface area contributed by atoms with E-state index in [0.717, 1.165) is 6.54 Å². The zero-order chi connectivity index (χ0) is 33.3. The van der Waals surface area contributed by atoms with E-state index in [1.54, 1.807) is 18.0 Å². The van der Waals surface area contributed by atoms with Crippen molar-refractivity contribution < 1.29 is 18.7 Å². The van der Waals surface area contributed by atoms with Crippen LogP contribution in [0.1, 0.15) is 46.1 Å². The summed E-state index contributed by atoms with van der Waals surface area (Å²) in [5.41, 5.74) is 18.5. The van der Waals surface area contributed by atoms with Crippen LogP contribution in [0.25, 0.3) is 5.70 Å². The van der Waals surface area contributed by atoms with E-state index in [1.165, 1.54) is 30.6 Å². The first-order valence-electron chi connectivity index (χ1n) is 14.8. The summed E-state index contributed by atoms with van der Waals surface area (Å²) in [7, 11) is 1.72. The average molecular weight is 646 g/mol. The topological polar surface area (TPSA) is 178 Å². The molecule has 246 valence electrons. The summed E-state index contributed by atoms with van der Waals surface area (Å²) >= 11 is 6.09. The zero-order valence-electron chi connectivity index (χ0n) is 26.6. The summed E-state index contributed by atoms with van der Waals surface area (Å²) in [5, 5.41) is 6.22. The number of cyclic esters (lactones) is 1. The first-order chi connectivity index (χ1) is 21.2. The van der Waals surface area contributed by atoms with Crippen molar-refractivity contribution in [3.05, 3.63) is 64.6 Å². The van der Waals surface area contributed by atoms with Crippen LogP contribution in [0.2, 0.25) is 5.02 Å². The molecule has 8 N–H and O–H groups in total. The second kappa shape index (κ2) is 15.9. The van der Waals surface area contributed by atoms with Crippen molar-refractivity contribution in [2.45, 2.75) is 46.6 Å². The third-order valence-electron chi connectivity index (χ3n) is 7.21. The lowest BCUT2D eigenvalue weighted by Crippen LogP contribution is -2.39. The molecule has 0 radical (unpaired) electrons. The van der Waals surface area contributed by atoms with Gasteiger partial charge in [-0.3, -0.25) is 9.59 Å². The van der Waals surface area contributed by atoms with E-state index in [4.69, 9.17) is 33.5 Å². The highest BCUT2D eigenvalue weighted by Gasteiger charge is 2.41. The smallest absolute Gasteiger partial charge is 0.313 e. The Morgan fingerprint density at radius 1 is 1.18 bits per heavy atom. The van der Waals surface area contributed by atoms with Crippen LogP contribution in [-0.4, -0.2) is 77.5 Å². The summed E-state index contributed by atoms with van der Waals surface area (Å²) in [6, 6.07) is 5.58. The summed E-state index contributed by atoms with van der Waals surface area (Å²) in [6.45, 7) is 10.6. The number of hydrogen-bond acceptors (Lipinski definition) is 11. The minimum absolute atomic E-state index is 0.00987. The van der Waals surface area contributed by atoms with Crippen LogP contribution < -0.4 is 27.8 Å². The number of ether oxygens (including phenoxy) is 1. The summed E-state index contributed by atoms with van der Waals surface area (Å²) in [4.78, 5) is 37.5. The number of nitrogens with two attached hydrogens (primary N) is 3. The Kier molecular flexibility index (Phi) is 12.5. The van der Waals surface area contributed by atoms with E-state index in [2.05, 4.69) is 39.3 Å². The number of benzene rings is 1. The Balaban J connectivity index is 1.85. The molecule has 1 aliphatic rings. The SMILES string of the molecule is CC(C)CN(CCC(=O)Nc1cc(NC(/C=C(\N)c2cc(Cl)ccc2F)=C(/N)N(C)CC2(C)CCOC2=O)ncn1)CC(C)N. The molecule has 12 nitrogen and oxygen atoms in total. The largest absolute Gasteiger partial charge is 0.465 e. The summed E-state index contributed by atoms with van der Waals surface area (Å²) in [5.74, 6) is 0.0893. The van der Waals surface area contributed by atoms with E-state index in [1.807, 2.05) is 13.8 Å². The van der Waals surface area contributed by atoms with Crippen molar-refractivity contribution in [2.24, 2.45) is 28.5 Å². The molecule has 1 aliphatic heterocycles. The van der Waals surface area contributed by atoms with Gasteiger partial charge in [0.05, 0.1) is 17.7 Å². The molecule has 2 unspecified atom stereocenters. The molecule has 0 bridgehead atoms. The van der Waals surface area contributed by atoms with Gasteiger partial charge in [0.1, 0.15) is 29.6 Å². The number of rotatable bonds is 15. The minimum atomic E-state index is -0.766. The lowest BCUT2D eigenvalue weighted by atomic mass is 9.88. The molecule has 45 heavy (non-hydrogen) atoms. The number of carbonyl (C=O) groups excluding carboxylic acids is 2. The van der Waals surface area contributed by atoms with Crippen LogP contribution in [-0.2, 0) is 14.3 Å². The van der Waals surface area contributed by atoms with E-state index in [0.29, 0.717) is 37.1 Å². The molecule has 1 aromatic heterocycles. The van der Waals surface area contributed by atoms with Crippen molar-refractivity contribution in [1.29, 1.82) is 0 Å². The molecule has 0 saturated carbocycles. The summed E-state index contributed by atoms with van der Waals surface area (Å²) < 4.78 is 19.8. The van der Waals surface area contributed by atoms with Gasteiger partial charge in [0, 0.05) is 68.0 Å². The Bertz CT molecular complexity index is 1410. The maximum Gasteiger partial charge on any atom is 0.313 e. The number of nitrogens with one attached hydrogen (secondary N) is 2. The number of aromatic nitrogens is 2. The van der Waals surface area contributed by atoms with Gasteiger partial charge in [-0.2, -0.15) is 0 Å². The molecule has 14 heteroatoms. The van der Waals surface area contributed by atoms with Gasteiger partial charge in [-0.25, -0.2) is 14.4 Å². The normalized spacial score (nSPS) is 18.1. The molecule has 2 aromatic rings. The second-order valence-corrected chi connectivity index (χ2v) is 12.6. The van der Waals surface area contributed by atoms with E-state index in [9.17, 15) is 14.0 Å². The number of esters is 1. The van der Waals surface area contributed by atoms with E-state index >= 15 is 0 Å². The quantitative estimate of drug-likeness (QED) is 0.142. The van der Waals surface area contributed by atoms with Crippen molar-refractivity contribution in [1.82, 2.24) is 19.8 Å². The second-order valence-electron chi connectivity index (χ2n) is 12.2. The molecule has 0 spiro atoms. The van der Waals surface area contributed by atoms with Gasteiger partial charge in [-0.05, 0) is 50.5 Å². The van der Waals surface area contributed by atoms with E-state index < -0.39 is 11.2 Å². The number of anilines is 2. The third kappa shape index (κ3) is 10.6. The first-order valence-corrected chi connectivity index (χ1v) is 15.2. The molecular formula is C31H45ClFN9O3. The maximum atomic E-state index is 14.7. The van der Waals surface area contributed by atoms with Crippen LogP contribution in [0.4, 0.5) is 16.0 Å². The highest BCUT2D eigenvalue weighted by molar-refractivity contribution is 6.30. The van der Waals surface area contributed by atoms with Crippen molar-refractivity contribution in [3.8, 4) is 0 Å². The van der Waals surface area contributed by atoms with Crippen molar-refractivity contribution in [2.75, 3.05) is 50.5 Å². The maximum absolute atomic E-state index is 14.7. The molecule has 1 amide bonds. The number of nitrogens with zero attached hydrogens (tertiary/aromatic N) is 4.